The molecule has 0 aliphatic rings. The van der Waals surface area contributed by atoms with Gasteiger partial charge in [0.05, 0.1) is 6.61 Å². The van der Waals surface area contributed by atoms with Crippen molar-refractivity contribution in [3.8, 4) is 0 Å². The van der Waals surface area contributed by atoms with Gasteiger partial charge in [-0.1, -0.05) is 25.6 Å². The monoisotopic (exact) mass is 241 g/mol. The van der Waals surface area contributed by atoms with E-state index >= 15 is 0 Å². The average molecular weight is 241 g/mol. The van der Waals surface area contributed by atoms with Crippen LogP contribution in [-0.4, -0.2) is 35.5 Å². The maximum absolute atomic E-state index is 4.97. The Morgan fingerprint density at radius 1 is 1.38 bits per heavy atom. The van der Waals surface area contributed by atoms with Crippen LogP contribution in [0, 0.1) is 0 Å². The number of hydrogen-bond donors (Lipinski definition) is 1. The van der Waals surface area contributed by atoms with Crippen molar-refractivity contribution in [1.82, 2.24) is 15.3 Å². The fraction of sp³-hybridized carbons (Fsp3) is 0.636. The van der Waals surface area contributed by atoms with Crippen LogP contribution in [0.15, 0.2) is 17.6 Å². The highest BCUT2D eigenvalue weighted by Gasteiger charge is 1.99. The molecule has 1 N–H and O–H groups in total. The molecule has 0 aliphatic carbocycles. The summed E-state index contributed by atoms with van der Waals surface area (Å²) in [4.78, 5) is 8.57. The number of nitrogens with zero attached hydrogens (tertiary/aromatic N) is 2. The van der Waals surface area contributed by atoms with Gasteiger partial charge >= 0.3 is 0 Å². The zero-order valence-electron chi connectivity index (χ0n) is 10.1. The second-order valence-corrected chi connectivity index (χ2v) is 4.81. The van der Waals surface area contributed by atoms with E-state index in [4.69, 9.17) is 4.74 Å². The number of thioether (sulfide) groups is 1. The van der Waals surface area contributed by atoms with Crippen molar-refractivity contribution in [2.24, 2.45) is 0 Å². The van der Waals surface area contributed by atoms with Gasteiger partial charge in [-0.25, -0.2) is 9.97 Å². The summed E-state index contributed by atoms with van der Waals surface area (Å²) in [5.74, 6) is 0.889. The smallest absolute Gasteiger partial charge is 0.187 e. The largest absolute Gasteiger partial charge is 0.384 e. The molecule has 0 amide bonds. The number of hydrogen-bond acceptors (Lipinski definition) is 5. The predicted octanol–water partition coefficient (Wildman–Crippen LogP) is 1.71. The number of ether oxygens (including phenoxy) is 1. The molecule has 0 aromatic carbocycles. The molecule has 0 fully saturated rings. The Labute approximate surface area is 101 Å². The van der Waals surface area contributed by atoms with Crippen molar-refractivity contribution in [1.29, 1.82) is 0 Å². The van der Waals surface area contributed by atoms with Crippen LogP contribution < -0.4 is 5.32 Å². The van der Waals surface area contributed by atoms with Crippen LogP contribution in [0.2, 0.25) is 0 Å². The van der Waals surface area contributed by atoms with E-state index in [0.29, 0.717) is 6.04 Å². The topological polar surface area (TPSA) is 47.0 Å². The second kappa shape index (κ2) is 7.60. The predicted molar refractivity (Wildman–Crippen MR) is 66.6 cm³/mol. The van der Waals surface area contributed by atoms with E-state index in [-0.39, 0.29) is 0 Å². The molecular weight excluding hydrogens is 222 g/mol. The Bertz CT molecular complexity index is 290. The van der Waals surface area contributed by atoms with E-state index in [0.717, 1.165) is 29.6 Å². The average Bonchev–Trinajstić information content (AvgIpc) is 2.28. The first-order valence-corrected chi connectivity index (χ1v) is 6.37. The van der Waals surface area contributed by atoms with E-state index in [1.807, 2.05) is 12.4 Å². The lowest BCUT2D eigenvalue weighted by Gasteiger charge is -2.07. The third kappa shape index (κ3) is 5.44. The highest BCUT2D eigenvalue weighted by molar-refractivity contribution is 7.99. The highest BCUT2D eigenvalue weighted by Crippen LogP contribution is 2.11. The minimum Gasteiger partial charge on any atom is -0.384 e. The van der Waals surface area contributed by atoms with Crippen molar-refractivity contribution in [3.63, 3.8) is 0 Å². The molecule has 0 atom stereocenters. The number of nitrogens with one attached hydrogen (secondary N) is 1. The van der Waals surface area contributed by atoms with Crippen molar-refractivity contribution < 1.29 is 4.74 Å². The SMILES string of the molecule is COCCSc1ncc(CNC(C)C)cn1. The molecule has 0 unspecified atom stereocenters. The standard InChI is InChI=1S/C11H19N3OS/c1-9(2)12-6-10-7-13-11(14-8-10)16-5-4-15-3/h7-9,12H,4-6H2,1-3H3. The van der Waals surface area contributed by atoms with E-state index in [1.165, 1.54) is 0 Å². The summed E-state index contributed by atoms with van der Waals surface area (Å²) in [5.41, 5.74) is 1.12. The highest BCUT2D eigenvalue weighted by atomic mass is 32.2. The summed E-state index contributed by atoms with van der Waals surface area (Å²) < 4.78 is 4.97. The Balaban J connectivity index is 2.35. The van der Waals surface area contributed by atoms with Crippen molar-refractivity contribution in [3.05, 3.63) is 18.0 Å². The molecule has 0 aliphatic heterocycles. The summed E-state index contributed by atoms with van der Waals surface area (Å²) >= 11 is 1.61. The zero-order valence-corrected chi connectivity index (χ0v) is 10.9. The summed E-state index contributed by atoms with van der Waals surface area (Å²) in [6.45, 7) is 5.79. The van der Waals surface area contributed by atoms with Crippen LogP contribution in [0.25, 0.3) is 0 Å². The van der Waals surface area contributed by atoms with Gasteiger partial charge in [-0.2, -0.15) is 0 Å². The lowest BCUT2D eigenvalue weighted by Crippen LogP contribution is -2.21. The molecule has 0 radical (unpaired) electrons. The number of aromatic nitrogens is 2. The van der Waals surface area contributed by atoms with Gasteiger partial charge in [0.1, 0.15) is 0 Å². The number of methoxy groups -OCH3 is 1. The molecule has 16 heavy (non-hydrogen) atoms. The Morgan fingerprint density at radius 3 is 2.62 bits per heavy atom. The summed E-state index contributed by atoms with van der Waals surface area (Å²) in [6.07, 6.45) is 3.75. The quantitative estimate of drug-likeness (QED) is 0.447. The minimum absolute atomic E-state index is 0.482. The van der Waals surface area contributed by atoms with E-state index < -0.39 is 0 Å². The third-order valence-corrected chi connectivity index (χ3v) is 2.75. The molecule has 4 nitrogen and oxygen atoms in total. The summed E-state index contributed by atoms with van der Waals surface area (Å²) in [6, 6.07) is 0.482. The molecule has 1 rings (SSSR count). The van der Waals surface area contributed by atoms with Gasteiger partial charge in [-0.05, 0) is 0 Å². The first-order chi connectivity index (χ1) is 7.72. The van der Waals surface area contributed by atoms with Crippen LogP contribution in [0.5, 0.6) is 0 Å². The fourth-order valence-corrected chi connectivity index (χ4v) is 1.73. The summed E-state index contributed by atoms with van der Waals surface area (Å²) in [7, 11) is 1.70. The molecule has 0 saturated heterocycles. The van der Waals surface area contributed by atoms with E-state index in [9.17, 15) is 0 Å². The van der Waals surface area contributed by atoms with Gasteiger partial charge in [0, 0.05) is 43.4 Å². The molecule has 1 aromatic rings. The van der Waals surface area contributed by atoms with Crippen molar-refractivity contribution >= 4 is 11.8 Å². The maximum atomic E-state index is 4.97. The van der Waals surface area contributed by atoms with Crippen LogP contribution in [0.1, 0.15) is 19.4 Å². The lowest BCUT2D eigenvalue weighted by atomic mass is 10.3. The van der Waals surface area contributed by atoms with Crippen LogP contribution in [0.3, 0.4) is 0 Å². The number of rotatable bonds is 7. The van der Waals surface area contributed by atoms with Crippen molar-refractivity contribution in [2.75, 3.05) is 19.5 Å². The summed E-state index contributed by atoms with van der Waals surface area (Å²) in [5, 5.41) is 4.14. The van der Waals surface area contributed by atoms with Gasteiger partial charge in [0.15, 0.2) is 5.16 Å². The van der Waals surface area contributed by atoms with Gasteiger partial charge in [-0.15, -0.1) is 0 Å². The van der Waals surface area contributed by atoms with E-state index in [1.54, 1.807) is 18.9 Å². The molecule has 0 saturated carbocycles. The Morgan fingerprint density at radius 2 is 2.06 bits per heavy atom. The molecule has 5 heteroatoms. The van der Waals surface area contributed by atoms with Crippen LogP contribution in [0.4, 0.5) is 0 Å². The Hall–Kier alpha value is -0.650. The first kappa shape index (κ1) is 13.4. The molecule has 1 heterocycles. The van der Waals surface area contributed by atoms with Gasteiger partial charge < -0.3 is 10.1 Å². The molecule has 0 bridgehead atoms. The lowest BCUT2D eigenvalue weighted by molar-refractivity contribution is 0.218. The first-order valence-electron chi connectivity index (χ1n) is 5.38. The van der Waals surface area contributed by atoms with Gasteiger partial charge in [-0.3, -0.25) is 0 Å². The minimum atomic E-state index is 0.482. The maximum Gasteiger partial charge on any atom is 0.187 e. The van der Waals surface area contributed by atoms with E-state index in [2.05, 4.69) is 29.1 Å². The molecular formula is C11H19N3OS. The normalized spacial score (nSPS) is 11.0. The molecule has 0 spiro atoms. The van der Waals surface area contributed by atoms with Gasteiger partial charge in [0.25, 0.3) is 0 Å². The fourth-order valence-electron chi connectivity index (χ4n) is 1.05. The second-order valence-electron chi connectivity index (χ2n) is 3.75. The molecule has 90 valence electrons. The van der Waals surface area contributed by atoms with Gasteiger partial charge in [0.2, 0.25) is 0 Å². The zero-order chi connectivity index (χ0) is 11.8. The van der Waals surface area contributed by atoms with Crippen LogP contribution >= 0.6 is 11.8 Å². The third-order valence-electron chi connectivity index (χ3n) is 1.91. The van der Waals surface area contributed by atoms with Crippen LogP contribution in [-0.2, 0) is 11.3 Å². The molecule has 1 aromatic heterocycles. The Kier molecular flexibility index (Phi) is 6.37. The van der Waals surface area contributed by atoms with Crippen molar-refractivity contribution in [2.45, 2.75) is 31.6 Å².